The fourth-order valence-electron chi connectivity index (χ4n) is 3.01. The molecule has 5 nitrogen and oxygen atoms in total. The second-order valence-corrected chi connectivity index (χ2v) is 7.47. The van der Waals surface area contributed by atoms with Crippen LogP contribution in [0.25, 0.3) is 0 Å². The predicted molar refractivity (Wildman–Crippen MR) is 70.4 cm³/mol. The van der Waals surface area contributed by atoms with Gasteiger partial charge in [-0.15, -0.1) is 0 Å². The van der Waals surface area contributed by atoms with E-state index in [1.54, 1.807) is 4.31 Å². The van der Waals surface area contributed by atoms with E-state index in [4.69, 9.17) is 5.21 Å². The Morgan fingerprint density at radius 2 is 2.06 bits per heavy atom. The SMILES string of the molecule is CCC1CN(S(=O)(=O)C2CCCC2)CCC1=NO. The van der Waals surface area contributed by atoms with Crippen molar-refractivity contribution in [2.75, 3.05) is 13.1 Å². The Morgan fingerprint density at radius 3 is 2.61 bits per heavy atom. The van der Waals surface area contributed by atoms with Crippen LogP contribution in [-0.4, -0.2) is 42.0 Å². The van der Waals surface area contributed by atoms with Gasteiger partial charge in [0.05, 0.1) is 11.0 Å². The summed E-state index contributed by atoms with van der Waals surface area (Å²) in [5, 5.41) is 12.0. The van der Waals surface area contributed by atoms with Gasteiger partial charge in [-0.3, -0.25) is 0 Å². The van der Waals surface area contributed by atoms with Gasteiger partial charge in [0.25, 0.3) is 0 Å². The highest BCUT2D eigenvalue weighted by Gasteiger charge is 2.37. The van der Waals surface area contributed by atoms with Crippen molar-refractivity contribution in [2.45, 2.75) is 50.7 Å². The van der Waals surface area contributed by atoms with E-state index in [-0.39, 0.29) is 11.2 Å². The summed E-state index contributed by atoms with van der Waals surface area (Å²) >= 11 is 0. The van der Waals surface area contributed by atoms with Gasteiger partial charge in [0.15, 0.2) is 0 Å². The highest BCUT2D eigenvalue weighted by molar-refractivity contribution is 7.89. The minimum absolute atomic E-state index is 0.0694. The van der Waals surface area contributed by atoms with Crippen LogP contribution in [-0.2, 0) is 10.0 Å². The molecular weight excluding hydrogens is 252 g/mol. The number of nitrogens with zero attached hydrogens (tertiary/aromatic N) is 2. The molecular formula is C12H22N2O3S. The van der Waals surface area contributed by atoms with Gasteiger partial charge in [0, 0.05) is 25.4 Å². The Morgan fingerprint density at radius 1 is 1.39 bits per heavy atom. The molecule has 1 saturated carbocycles. The van der Waals surface area contributed by atoms with Crippen LogP contribution in [0.15, 0.2) is 5.16 Å². The summed E-state index contributed by atoms with van der Waals surface area (Å²) in [5.41, 5.74) is 0.746. The number of sulfonamides is 1. The summed E-state index contributed by atoms with van der Waals surface area (Å²) in [7, 11) is -3.14. The zero-order valence-corrected chi connectivity index (χ0v) is 11.7. The third kappa shape index (κ3) is 2.54. The second-order valence-electron chi connectivity index (χ2n) is 5.26. The van der Waals surface area contributed by atoms with Gasteiger partial charge < -0.3 is 5.21 Å². The van der Waals surface area contributed by atoms with E-state index in [2.05, 4.69) is 5.16 Å². The highest BCUT2D eigenvalue weighted by Crippen LogP contribution is 2.29. The average Bonchev–Trinajstić information content (AvgIpc) is 2.92. The molecule has 0 aromatic rings. The van der Waals surface area contributed by atoms with Crippen molar-refractivity contribution in [3.05, 3.63) is 0 Å². The molecule has 2 fully saturated rings. The first-order valence-electron chi connectivity index (χ1n) is 6.79. The van der Waals surface area contributed by atoms with Gasteiger partial charge in [-0.25, -0.2) is 12.7 Å². The van der Waals surface area contributed by atoms with Crippen LogP contribution < -0.4 is 0 Å². The lowest BCUT2D eigenvalue weighted by atomic mass is 9.95. The monoisotopic (exact) mass is 274 g/mol. The second kappa shape index (κ2) is 5.57. The minimum Gasteiger partial charge on any atom is -0.411 e. The average molecular weight is 274 g/mol. The first kappa shape index (κ1) is 13.8. The third-order valence-corrected chi connectivity index (χ3v) is 6.58. The fraction of sp³-hybridized carbons (Fsp3) is 0.917. The quantitative estimate of drug-likeness (QED) is 0.630. The van der Waals surface area contributed by atoms with E-state index < -0.39 is 10.0 Å². The molecule has 1 atom stereocenters. The molecule has 104 valence electrons. The normalized spacial score (nSPS) is 30.1. The van der Waals surface area contributed by atoms with Crippen LogP contribution in [0, 0.1) is 5.92 Å². The zero-order valence-electron chi connectivity index (χ0n) is 10.9. The number of oxime groups is 1. The standard InChI is InChI=1S/C12H22N2O3S/c1-2-10-9-14(8-7-12(10)13-15)18(16,17)11-5-3-4-6-11/h10-11,15H,2-9H2,1H3. The number of hydrogen-bond donors (Lipinski definition) is 1. The number of piperidine rings is 1. The van der Waals surface area contributed by atoms with Gasteiger partial charge in [-0.1, -0.05) is 24.9 Å². The third-order valence-electron chi connectivity index (χ3n) is 4.22. The smallest absolute Gasteiger partial charge is 0.217 e. The number of hydrogen-bond acceptors (Lipinski definition) is 4. The largest absolute Gasteiger partial charge is 0.411 e. The summed E-state index contributed by atoms with van der Waals surface area (Å²) in [6.07, 6.45) is 5.03. The van der Waals surface area contributed by atoms with E-state index in [1.807, 2.05) is 6.92 Å². The Hall–Kier alpha value is -0.620. The maximum atomic E-state index is 12.5. The molecule has 6 heteroatoms. The summed E-state index contributed by atoms with van der Waals surface area (Å²) < 4.78 is 26.6. The van der Waals surface area contributed by atoms with E-state index >= 15 is 0 Å². The summed E-state index contributed by atoms with van der Waals surface area (Å²) in [5.74, 6) is 0.0694. The summed E-state index contributed by atoms with van der Waals surface area (Å²) in [6, 6.07) is 0. The molecule has 1 heterocycles. The topological polar surface area (TPSA) is 70.0 Å². The molecule has 2 aliphatic rings. The van der Waals surface area contributed by atoms with Gasteiger partial charge >= 0.3 is 0 Å². The molecule has 18 heavy (non-hydrogen) atoms. The van der Waals surface area contributed by atoms with Crippen LogP contribution >= 0.6 is 0 Å². The van der Waals surface area contributed by atoms with Gasteiger partial charge in [-0.2, -0.15) is 0 Å². The van der Waals surface area contributed by atoms with E-state index in [0.29, 0.717) is 19.5 Å². The molecule has 2 rings (SSSR count). The van der Waals surface area contributed by atoms with Gasteiger partial charge in [0.2, 0.25) is 10.0 Å². The van der Waals surface area contributed by atoms with E-state index in [1.165, 1.54) is 0 Å². The van der Waals surface area contributed by atoms with Crippen molar-refractivity contribution in [1.82, 2.24) is 4.31 Å². The molecule has 0 spiro atoms. The minimum atomic E-state index is -3.14. The Labute approximate surface area is 109 Å². The molecule has 1 N–H and O–H groups in total. The lowest BCUT2D eigenvalue weighted by Gasteiger charge is -2.33. The first-order chi connectivity index (χ1) is 8.59. The molecule has 1 aliphatic heterocycles. The molecule has 1 aliphatic carbocycles. The molecule has 0 aromatic carbocycles. The number of rotatable bonds is 3. The molecule has 0 amide bonds. The Balaban J connectivity index is 2.10. The van der Waals surface area contributed by atoms with Crippen LogP contribution in [0.4, 0.5) is 0 Å². The molecule has 1 saturated heterocycles. The van der Waals surface area contributed by atoms with E-state index in [0.717, 1.165) is 37.8 Å². The Kier molecular flexibility index (Phi) is 4.27. The molecule has 0 aromatic heterocycles. The van der Waals surface area contributed by atoms with Gasteiger partial charge in [-0.05, 0) is 19.3 Å². The lowest BCUT2D eigenvalue weighted by molar-refractivity contribution is 0.295. The van der Waals surface area contributed by atoms with Crippen LogP contribution in [0.3, 0.4) is 0 Å². The summed E-state index contributed by atoms with van der Waals surface area (Å²) in [4.78, 5) is 0. The predicted octanol–water partition coefficient (Wildman–Crippen LogP) is 1.82. The maximum Gasteiger partial charge on any atom is 0.217 e. The van der Waals surface area contributed by atoms with Crippen molar-refractivity contribution in [2.24, 2.45) is 11.1 Å². The van der Waals surface area contributed by atoms with Crippen molar-refractivity contribution < 1.29 is 13.6 Å². The molecule has 0 radical (unpaired) electrons. The molecule has 0 bridgehead atoms. The van der Waals surface area contributed by atoms with Crippen LogP contribution in [0.1, 0.15) is 45.4 Å². The van der Waals surface area contributed by atoms with E-state index in [9.17, 15) is 8.42 Å². The Bertz CT molecular complexity index is 413. The first-order valence-corrected chi connectivity index (χ1v) is 8.29. The summed E-state index contributed by atoms with van der Waals surface area (Å²) in [6.45, 7) is 2.95. The van der Waals surface area contributed by atoms with Gasteiger partial charge in [0.1, 0.15) is 0 Å². The van der Waals surface area contributed by atoms with Crippen molar-refractivity contribution in [1.29, 1.82) is 0 Å². The van der Waals surface area contributed by atoms with Crippen LogP contribution in [0.2, 0.25) is 0 Å². The van der Waals surface area contributed by atoms with Crippen molar-refractivity contribution in [3.63, 3.8) is 0 Å². The fourth-order valence-corrected chi connectivity index (χ4v) is 5.09. The van der Waals surface area contributed by atoms with Crippen LogP contribution in [0.5, 0.6) is 0 Å². The lowest BCUT2D eigenvalue weighted by Crippen LogP contribution is -2.47. The molecule has 1 unspecified atom stereocenters. The highest BCUT2D eigenvalue weighted by atomic mass is 32.2. The van der Waals surface area contributed by atoms with Crippen molar-refractivity contribution in [3.8, 4) is 0 Å². The zero-order chi connectivity index (χ0) is 13.2. The maximum absolute atomic E-state index is 12.5. The van der Waals surface area contributed by atoms with Crippen molar-refractivity contribution >= 4 is 15.7 Å².